The van der Waals surface area contributed by atoms with Crippen molar-refractivity contribution in [3.63, 3.8) is 0 Å². The Bertz CT molecular complexity index is 1170. The molecule has 3 aliphatic rings. The van der Waals surface area contributed by atoms with Crippen LogP contribution in [0.4, 0.5) is 11.4 Å². The van der Waals surface area contributed by atoms with Crippen LogP contribution in [0.25, 0.3) is 5.57 Å². The third kappa shape index (κ3) is 6.83. The van der Waals surface area contributed by atoms with Gasteiger partial charge < -0.3 is 19.7 Å². The first kappa shape index (κ1) is 29.0. The Morgan fingerprint density at radius 3 is 2.39 bits per heavy atom. The second-order valence-electron chi connectivity index (χ2n) is 8.80. The third-order valence-corrected chi connectivity index (χ3v) is 6.72. The second-order valence-corrected chi connectivity index (χ2v) is 8.80. The molecule has 3 heterocycles. The van der Waals surface area contributed by atoms with E-state index in [1.807, 2.05) is 64.1 Å². The molecule has 0 spiro atoms. The molecule has 202 valence electrons. The van der Waals surface area contributed by atoms with Crippen LogP contribution in [0, 0.1) is 11.3 Å². The van der Waals surface area contributed by atoms with Crippen molar-refractivity contribution in [2.24, 2.45) is 0 Å². The van der Waals surface area contributed by atoms with Crippen molar-refractivity contribution in [1.82, 2.24) is 4.90 Å². The van der Waals surface area contributed by atoms with Crippen molar-refractivity contribution in [3.05, 3.63) is 72.0 Å². The number of piperazine rings is 1. The molecule has 1 amide bonds. The van der Waals surface area contributed by atoms with Crippen LogP contribution in [0.5, 0.6) is 5.75 Å². The zero-order chi connectivity index (χ0) is 27.5. The van der Waals surface area contributed by atoms with Gasteiger partial charge in [0.05, 0.1) is 11.3 Å². The van der Waals surface area contributed by atoms with Crippen molar-refractivity contribution in [2.45, 2.75) is 46.6 Å². The van der Waals surface area contributed by atoms with Crippen LogP contribution < -0.4 is 15.0 Å². The molecule has 0 aliphatic carbocycles. The molecule has 5 rings (SSSR count). The molecule has 7 heteroatoms. The summed E-state index contributed by atoms with van der Waals surface area (Å²) in [4.78, 5) is 17.6. The summed E-state index contributed by atoms with van der Waals surface area (Å²) in [7, 11) is 0. The Hall–Kier alpha value is -3.60. The van der Waals surface area contributed by atoms with Crippen LogP contribution in [0.15, 0.2) is 60.9 Å². The minimum absolute atomic E-state index is 0.176. The molecule has 0 saturated carbocycles. The number of amides is 1. The monoisotopic (exact) mass is 516 g/mol. The number of benzene rings is 2. The zero-order valence-electron chi connectivity index (χ0n) is 23.1. The first-order valence-electron chi connectivity index (χ1n) is 13.7. The molecule has 0 unspecified atom stereocenters. The van der Waals surface area contributed by atoms with E-state index >= 15 is 0 Å². The maximum atomic E-state index is 12.8. The van der Waals surface area contributed by atoms with Crippen molar-refractivity contribution < 1.29 is 14.3 Å². The van der Waals surface area contributed by atoms with Gasteiger partial charge in [0.1, 0.15) is 11.8 Å². The normalized spacial score (nSPS) is 17.3. The maximum Gasteiger partial charge on any atom is 0.291 e. The molecular formula is C31H40N4O3. The molecule has 2 aromatic rings. The summed E-state index contributed by atoms with van der Waals surface area (Å²) >= 11 is 0. The number of nitriles is 1. The van der Waals surface area contributed by atoms with Crippen molar-refractivity contribution in [2.75, 3.05) is 49.6 Å². The van der Waals surface area contributed by atoms with E-state index in [1.165, 1.54) is 0 Å². The number of rotatable bonds is 4. The SMILES string of the molecule is C=C1C=C(C(=O)Nc2ccc(N3CCN(C4CCOCC4)CC3)c(C#N)c2)Oc2ccccc21.CC.CC. The summed E-state index contributed by atoms with van der Waals surface area (Å²) in [6, 6.07) is 15.9. The Morgan fingerprint density at radius 1 is 1.03 bits per heavy atom. The van der Waals surface area contributed by atoms with Gasteiger partial charge in [-0.3, -0.25) is 9.69 Å². The fourth-order valence-corrected chi connectivity index (χ4v) is 4.87. The molecule has 2 fully saturated rings. The molecule has 38 heavy (non-hydrogen) atoms. The van der Waals surface area contributed by atoms with Gasteiger partial charge in [-0.2, -0.15) is 5.26 Å². The number of para-hydroxylation sites is 1. The van der Waals surface area contributed by atoms with Gasteiger partial charge in [0.15, 0.2) is 5.76 Å². The Balaban J connectivity index is 0.000000956. The zero-order valence-corrected chi connectivity index (χ0v) is 23.1. The van der Waals surface area contributed by atoms with Gasteiger partial charge in [-0.15, -0.1) is 0 Å². The highest BCUT2D eigenvalue weighted by atomic mass is 16.5. The average molecular weight is 517 g/mol. The fraction of sp³-hybridized carbons (Fsp3) is 0.419. The Labute approximate surface area is 227 Å². The highest BCUT2D eigenvalue weighted by Gasteiger charge is 2.27. The lowest BCUT2D eigenvalue weighted by Crippen LogP contribution is -2.51. The van der Waals surface area contributed by atoms with Crippen LogP contribution >= 0.6 is 0 Å². The minimum atomic E-state index is -0.377. The highest BCUT2D eigenvalue weighted by Crippen LogP contribution is 2.33. The molecule has 0 atom stereocenters. The first-order valence-corrected chi connectivity index (χ1v) is 13.7. The number of anilines is 2. The van der Waals surface area contributed by atoms with Crippen LogP contribution in [-0.2, 0) is 9.53 Å². The summed E-state index contributed by atoms with van der Waals surface area (Å²) in [6.07, 6.45) is 3.82. The predicted octanol–water partition coefficient (Wildman–Crippen LogP) is 5.84. The highest BCUT2D eigenvalue weighted by molar-refractivity contribution is 6.05. The molecular weight excluding hydrogens is 476 g/mol. The Morgan fingerprint density at radius 2 is 1.71 bits per heavy atom. The largest absolute Gasteiger partial charge is 0.451 e. The topological polar surface area (TPSA) is 77.8 Å². The number of nitrogens with one attached hydrogen (secondary N) is 1. The molecule has 2 saturated heterocycles. The van der Waals surface area contributed by atoms with Gasteiger partial charge in [0.2, 0.25) is 0 Å². The summed E-state index contributed by atoms with van der Waals surface area (Å²) in [6.45, 7) is 17.4. The summed E-state index contributed by atoms with van der Waals surface area (Å²) in [5, 5.41) is 12.6. The van der Waals surface area contributed by atoms with E-state index in [9.17, 15) is 10.1 Å². The first-order chi connectivity index (χ1) is 18.6. The standard InChI is InChI=1S/C27H28N4O3.2C2H6/c1-19-16-26(34-25-5-3-2-4-23(19)25)27(32)29-21-6-7-24(20(17-21)18-28)31-12-10-30(11-13-31)22-8-14-33-15-9-22;2*1-2/h2-7,16-17,22H,1,8-15H2,(H,29,32);2*1-2H3. The van der Waals surface area contributed by atoms with E-state index in [-0.39, 0.29) is 11.7 Å². The van der Waals surface area contributed by atoms with Gasteiger partial charge in [-0.05, 0) is 48.8 Å². The van der Waals surface area contributed by atoms with Gasteiger partial charge >= 0.3 is 0 Å². The number of hydrogen-bond acceptors (Lipinski definition) is 6. The molecule has 7 nitrogen and oxygen atoms in total. The van der Waals surface area contributed by atoms with E-state index in [0.29, 0.717) is 23.0 Å². The van der Waals surface area contributed by atoms with Crippen LogP contribution in [0.1, 0.15) is 51.7 Å². The maximum absolute atomic E-state index is 12.8. The lowest BCUT2D eigenvalue weighted by molar-refractivity contribution is -0.114. The van der Waals surface area contributed by atoms with Gasteiger partial charge in [0.25, 0.3) is 5.91 Å². The van der Waals surface area contributed by atoms with Gasteiger partial charge in [-0.1, -0.05) is 52.5 Å². The molecule has 2 aromatic carbocycles. The van der Waals surface area contributed by atoms with Gasteiger partial charge in [0, 0.05) is 56.7 Å². The van der Waals surface area contributed by atoms with Crippen LogP contribution in [0.2, 0.25) is 0 Å². The number of hydrogen-bond donors (Lipinski definition) is 1. The lowest BCUT2D eigenvalue weighted by Gasteiger charge is -2.41. The van der Waals surface area contributed by atoms with Gasteiger partial charge in [-0.25, -0.2) is 0 Å². The van der Waals surface area contributed by atoms with Crippen molar-refractivity contribution in [3.8, 4) is 11.8 Å². The minimum Gasteiger partial charge on any atom is -0.451 e. The van der Waals surface area contributed by atoms with E-state index in [4.69, 9.17) is 9.47 Å². The smallest absolute Gasteiger partial charge is 0.291 e. The molecule has 3 aliphatic heterocycles. The second kappa shape index (κ2) is 14.4. The van der Waals surface area contributed by atoms with E-state index in [0.717, 1.165) is 69.1 Å². The molecule has 1 N–H and O–H groups in total. The molecule has 0 radical (unpaired) electrons. The third-order valence-electron chi connectivity index (χ3n) is 6.72. The Kier molecular flexibility index (Phi) is 11.0. The number of carbonyl (C=O) groups excluding carboxylic acids is 1. The number of ether oxygens (including phenoxy) is 2. The molecule has 0 aromatic heterocycles. The van der Waals surface area contributed by atoms with E-state index < -0.39 is 0 Å². The quantitative estimate of drug-likeness (QED) is 0.550. The fourth-order valence-electron chi connectivity index (χ4n) is 4.87. The lowest BCUT2D eigenvalue weighted by atomic mass is 10.0. The van der Waals surface area contributed by atoms with E-state index in [1.54, 1.807) is 12.1 Å². The van der Waals surface area contributed by atoms with Crippen LogP contribution in [0.3, 0.4) is 0 Å². The summed E-state index contributed by atoms with van der Waals surface area (Å²) in [5.74, 6) is 0.404. The summed E-state index contributed by atoms with van der Waals surface area (Å²) in [5.41, 5.74) is 3.60. The van der Waals surface area contributed by atoms with Crippen LogP contribution in [-0.4, -0.2) is 56.2 Å². The number of nitrogens with zero attached hydrogens (tertiary/aromatic N) is 3. The van der Waals surface area contributed by atoms with Crippen molar-refractivity contribution in [1.29, 1.82) is 5.26 Å². The number of allylic oxidation sites excluding steroid dienone is 2. The number of fused-ring (bicyclic) bond motifs is 1. The van der Waals surface area contributed by atoms with Crippen molar-refractivity contribution >= 4 is 22.9 Å². The average Bonchev–Trinajstić information content (AvgIpc) is 2.99. The number of carbonyl (C=O) groups is 1. The summed E-state index contributed by atoms with van der Waals surface area (Å²) < 4.78 is 11.3. The predicted molar refractivity (Wildman–Crippen MR) is 154 cm³/mol. The molecule has 0 bridgehead atoms. The van der Waals surface area contributed by atoms with E-state index in [2.05, 4.69) is 27.8 Å².